The number of alkyl halides is 2. The van der Waals surface area contributed by atoms with E-state index in [4.69, 9.17) is 9.47 Å². The molecule has 0 aliphatic carbocycles. The van der Waals surface area contributed by atoms with Crippen LogP contribution < -0.4 is 9.47 Å². The molecule has 0 fully saturated rings. The lowest BCUT2D eigenvalue weighted by Gasteiger charge is -2.16. The summed E-state index contributed by atoms with van der Waals surface area (Å²) in [6.07, 6.45) is 4.46. The van der Waals surface area contributed by atoms with E-state index in [0.717, 1.165) is 72.2 Å². The molecule has 1 aromatic rings. The van der Waals surface area contributed by atoms with Crippen molar-refractivity contribution in [2.75, 3.05) is 13.2 Å². The quantitative estimate of drug-likeness (QED) is 0.358. The number of benzene rings is 1. The third-order valence-corrected chi connectivity index (χ3v) is 4.25. The van der Waals surface area contributed by atoms with E-state index in [-0.39, 0.29) is 0 Å². The molecule has 1 aromatic carbocycles. The van der Waals surface area contributed by atoms with Gasteiger partial charge in [0.1, 0.15) is 11.5 Å². The maximum absolute atomic E-state index is 5.89. The van der Waals surface area contributed by atoms with E-state index < -0.39 is 0 Å². The Bertz CT molecular complexity index is 357. The van der Waals surface area contributed by atoms with Crippen molar-refractivity contribution in [3.8, 4) is 11.5 Å². The van der Waals surface area contributed by atoms with Crippen molar-refractivity contribution < 1.29 is 9.47 Å². The van der Waals surface area contributed by atoms with Crippen LogP contribution in [0, 0.1) is 0 Å². The summed E-state index contributed by atoms with van der Waals surface area (Å²) in [7, 11) is 0. The zero-order chi connectivity index (χ0) is 14.8. The number of ether oxygens (including phenoxy) is 2. The minimum absolute atomic E-state index is 0.772. The average Bonchev–Trinajstić information content (AvgIpc) is 2.48. The van der Waals surface area contributed by atoms with Crippen LogP contribution in [-0.2, 0) is 10.7 Å². The molecule has 0 bridgehead atoms. The molecule has 0 saturated carbocycles. The van der Waals surface area contributed by atoms with E-state index in [1.807, 2.05) is 0 Å². The van der Waals surface area contributed by atoms with Crippen molar-refractivity contribution in [3.63, 3.8) is 0 Å². The zero-order valence-corrected chi connectivity index (χ0v) is 15.6. The predicted molar refractivity (Wildman–Crippen MR) is 92.5 cm³/mol. The number of halogens is 2. The lowest BCUT2D eigenvalue weighted by Crippen LogP contribution is -2.03. The highest BCUT2D eigenvalue weighted by molar-refractivity contribution is 9.08. The molecule has 114 valence electrons. The van der Waals surface area contributed by atoms with Gasteiger partial charge in [0.15, 0.2) is 0 Å². The first-order valence-electron chi connectivity index (χ1n) is 7.30. The van der Waals surface area contributed by atoms with Gasteiger partial charge in [-0.25, -0.2) is 0 Å². The summed E-state index contributed by atoms with van der Waals surface area (Å²) in [5.41, 5.74) is 2.30. The van der Waals surface area contributed by atoms with Gasteiger partial charge in [-0.05, 0) is 25.0 Å². The zero-order valence-electron chi connectivity index (χ0n) is 12.4. The molecule has 0 atom stereocenters. The van der Waals surface area contributed by atoms with Gasteiger partial charge < -0.3 is 9.47 Å². The molecule has 0 amide bonds. The van der Waals surface area contributed by atoms with Crippen LogP contribution in [0.5, 0.6) is 11.5 Å². The van der Waals surface area contributed by atoms with Gasteiger partial charge in [-0.3, -0.25) is 0 Å². The molecule has 0 spiro atoms. The second-order valence-corrected chi connectivity index (χ2v) is 5.86. The Balaban J connectivity index is 2.85. The molecule has 2 nitrogen and oxygen atoms in total. The first kappa shape index (κ1) is 17.8. The topological polar surface area (TPSA) is 18.5 Å². The average molecular weight is 408 g/mol. The maximum Gasteiger partial charge on any atom is 0.123 e. The summed E-state index contributed by atoms with van der Waals surface area (Å²) in [6.45, 7) is 5.88. The monoisotopic (exact) mass is 406 g/mol. The Labute approximate surface area is 139 Å². The lowest BCUT2D eigenvalue weighted by molar-refractivity contribution is 0.297. The van der Waals surface area contributed by atoms with E-state index in [9.17, 15) is 0 Å². The summed E-state index contributed by atoms with van der Waals surface area (Å²) in [6, 6.07) is 4.20. The molecular formula is C16H24Br2O2. The van der Waals surface area contributed by atoms with Gasteiger partial charge in [-0.1, -0.05) is 58.5 Å². The molecule has 0 N–H and O–H groups in total. The van der Waals surface area contributed by atoms with E-state index in [0.29, 0.717) is 0 Å². The fourth-order valence-electron chi connectivity index (χ4n) is 1.77. The van der Waals surface area contributed by atoms with Gasteiger partial charge in [0.05, 0.1) is 13.2 Å². The molecule has 0 aromatic heterocycles. The maximum atomic E-state index is 5.89. The standard InChI is InChI=1S/C16H24Br2O2/c1-3-5-7-19-15-9-14(12-18)16(10-13(15)11-17)20-8-6-4-2/h9-10H,3-8,11-12H2,1-2H3. The normalized spacial score (nSPS) is 10.6. The molecule has 0 saturated heterocycles. The Morgan fingerprint density at radius 3 is 1.50 bits per heavy atom. The second-order valence-electron chi connectivity index (χ2n) is 4.74. The summed E-state index contributed by atoms with van der Waals surface area (Å²) < 4.78 is 11.8. The number of rotatable bonds is 10. The number of hydrogen-bond donors (Lipinski definition) is 0. The van der Waals surface area contributed by atoms with Gasteiger partial charge >= 0.3 is 0 Å². The summed E-state index contributed by atoms with van der Waals surface area (Å²) in [4.78, 5) is 0. The summed E-state index contributed by atoms with van der Waals surface area (Å²) in [5, 5.41) is 1.56. The molecule has 0 aliphatic heterocycles. The van der Waals surface area contributed by atoms with Gasteiger partial charge in [-0.15, -0.1) is 0 Å². The number of unbranched alkanes of at least 4 members (excludes halogenated alkanes) is 2. The van der Waals surface area contributed by atoms with Crippen molar-refractivity contribution >= 4 is 31.9 Å². The van der Waals surface area contributed by atoms with Crippen molar-refractivity contribution in [2.45, 2.75) is 50.2 Å². The molecule has 4 heteroatoms. The fraction of sp³-hybridized carbons (Fsp3) is 0.625. The summed E-state index contributed by atoms with van der Waals surface area (Å²) >= 11 is 7.07. The largest absolute Gasteiger partial charge is 0.493 e. The molecular weight excluding hydrogens is 384 g/mol. The van der Waals surface area contributed by atoms with Crippen LogP contribution in [0.1, 0.15) is 50.7 Å². The number of hydrogen-bond acceptors (Lipinski definition) is 2. The van der Waals surface area contributed by atoms with Crippen LogP contribution in [0.3, 0.4) is 0 Å². The van der Waals surface area contributed by atoms with Crippen molar-refractivity contribution in [2.24, 2.45) is 0 Å². The van der Waals surface area contributed by atoms with Crippen molar-refractivity contribution in [1.82, 2.24) is 0 Å². The molecule has 0 aliphatic rings. The molecule has 0 radical (unpaired) electrons. The smallest absolute Gasteiger partial charge is 0.123 e. The third kappa shape index (κ3) is 5.65. The third-order valence-electron chi connectivity index (χ3n) is 3.04. The first-order valence-corrected chi connectivity index (χ1v) is 9.54. The Morgan fingerprint density at radius 2 is 1.20 bits per heavy atom. The highest BCUT2D eigenvalue weighted by Crippen LogP contribution is 2.32. The minimum Gasteiger partial charge on any atom is -0.493 e. The van der Waals surface area contributed by atoms with Crippen molar-refractivity contribution in [1.29, 1.82) is 0 Å². The first-order chi connectivity index (χ1) is 9.76. The summed E-state index contributed by atoms with van der Waals surface area (Å²) in [5.74, 6) is 1.93. The van der Waals surface area contributed by atoms with Crippen LogP contribution in [0.2, 0.25) is 0 Å². The lowest BCUT2D eigenvalue weighted by atomic mass is 10.1. The van der Waals surface area contributed by atoms with Crippen LogP contribution in [-0.4, -0.2) is 13.2 Å². The Morgan fingerprint density at radius 1 is 0.800 bits per heavy atom. The van der Waals surface area contributed by atoms with Crippen LogP contribution in [0.15, 0.2) is 12.1 Å². The van der Waals surface area contributed by atoms with Gasteiger partial charge in [-0.2, -0.15) is 0 Å². The second kappa shape index (κ2) is 10.5. The van der Waals surface area contributed by atoms with Gasteiger partial charge in [0.2, 0.25) is 0 Å². The van der Waals surface area contributed by atoms with Crippen LogP contribution in [0.25, 0.3) is 0 Å². The Hall–Kier alpha value is -0.220. The van der Waals surface area contributed by atoms with Crippen LogP contribution >= 0.6 is 31.9 Å². The SMILES string of the molecule is CCCCOc1cc(CBr)c(OCCCC)cc1CBr. The van der Waals surface area contributed by atoms with Crippen molar-refractivity contribution in [3.05, 3.63) is 23.3 Å². The molecule has 0 heterocycles. The van der Waals surface area contributed by atoms with Crippen LogP contribution in [0.4, 0.5) is 0 Å². The molecule has 0 unspecified atom stereocenters. The van der Waals surface area contributed by atoms with E-state index in [1.54, 1.807) is 0 Å². The predicted octanol–water partition coefficient (Wildman–Crippen LogP) is 5.83. The van der Waals surface area contributed by atoms with E-state index >= 15 is 0 Å². The Kier molecular flexibility index (Phi) is 9.36. The van der Waals surface area contributed by atoms with E-state index in [1.165, 1.54) is 0 Å². The molecule has 1 rings (SSSR count). The minimum atomic E-state index is 0.772. The highest BCUT2D eigenvalue weighted by Gasteiger charge is 2.11. The fourth-order valence-corrected chi connectivity index (χ4v) is 2.65. The van der Waals surface area contributed by atoms with E-state index in [2.05, 4.69) is 57.8 Å². The van der Waals surface area contributed by atoms with Gasteiger partial charge in [0.25, 0.3) is 0 Å². The highest BCUT2D eigenvalue weighted by atomic mass is 79.9. The van der Waals surface area contributed by atoms with Gasteiger partial charge in [0, 0.05) is 21.8 Å². The molecule has 20 heavy (non-hydrogen) atoms.